The number of carbonyl (C=O) groups excluding carboxylic acids is 4. The van der Waals surface area contributed by atoms with E-state index in [1.54, 1.807) is 24.3 Å². The van der Waals surface area contributed by atoms with Crippen LogP contribution in [-0.4, -0.2) is 61.0 Å². The van der Waals surface area contributed by atoms with Crippen LogP contribution in [0.2, 0.25) is 0 Å². The van der Waals surface area contributed by atoms with Crippen LogP contribution in [-0.2, 0) is 23.9 Å². The van der Waals surface area contributed by atoms with E-state index in [4.69, 9.17) is 14.2 Å². The van der Waals surface area contributed by atoms with Gasteiger partial charge in [0.05, 0.1) is 0 Å². The maximum Gasteiger partial charge on any atom is 0.326 e. The number of hydrogen-bond acceptors (Lipinski definition) is 7. The van der Waals surface area contributed by atoms with E-state index >= 15 is 0 Å². The number of para-hydroxylation sites is 2. The Morgan fingerprint density at radius 1 is 1.10 bits per heavy atom. The van der Waals surface area contributed by atoms with E-state index in [0.29, 0.717) is 24.5 Å². The number of amides is 3. The second kappa shape index (κ2) is 9.76. The van der Waals surface area contributed by atoms with Gasteiger partial charge in [-0.3, -0.25) is 30.0 Å². The fraction of sp³-hybridized carbons (Fsp3) is 0.474. The summed E-state index contributed by atoms with van der Waals surface area (Å²) in [5.41, 5.74) is 4.35. The Bertz CT molecular complexity index is 783. The second-order valence-electron chi connectivity index (χ2n) is 6.69. The molecule has 156 valence electrons. The highest BCUT2D eigenvalue weighted by molar-refractivity contribution is 5.87. The first-order valence-corrected chi connectivity index (χ1v) is 9.43. The van der Waals surface area contributed by atoms with E-state index in [0.717, 1.165) is 19.3 Å². The molecule has 3 amide bonds. The Morgan fingerprint density at radius 3 is 2.72 bits per heavy atom. The van der Waals surface area contributed by atoms with Crippen LogP contribution in [0.1, 0.15) is 25.7 Å². The van der Waals surface area contributed by atoms with E-state index in [9.17, 15) is 19.2 Å². The Hall–Kier alpha value is -3.30. The molecule has 10 heteroatoms. The van der Waals surface area contributed by atoms with E-state index in [2.05, 4.69) is 10.9 Å². The number of carbonyl (C=O) groups is 4. The van der Waals surface area contributed by atoms with Gasteiger partial charge < -0.3 is 19.1 Å². The molecule has 10 nitrogen and oxygen atoms in total. The zero-order chi connectivity index (χ0) is 20.6. The van der Waals surface area contributed by atoms with Gasteiger partial charge in [-0.2, -0.15) is 0 Å². The summed E-state index contributed by atoms with van der Waals surface area (Å²) >= 11 is 0. The predicted molar refractivity (Wildman–Crippen MR) is 98.6 cm³/mol. The van der Waals surface area contributed by atoms with Crippen LogP contribution in [0.4, 0.5) is 0 Å². The molecule has 0 radical (unpaired) electrons. The first kappa shape index (κ1) is 20.4. The fourth-order valence-electron chi connectivity index (χ4n) is 2.95. The number of rotatable bonds is 5. The van der Waals surface area contributed by atoms with E-state index in [-0.39, 0.29) is 19.1 Å². The maximum absolute atomic E-state index is 12.1. The summed E-state index contributed by atoms with van der Waals surface area (Å²) in [7, 11) is 0. The van der Waals surface area contributed by atoms with Gasteiger partial charge in [0.1, 0.15) is 13.2 Å². The Balaban J connectivity index is 1.36. The number of nitrogens with one attached hydrogen (secondary N) is 2. The van der Waals surface area contributed by atoms with Gasteiger partial charge in [-0.15, -0.1) is 0 Å². The monoisotopic (exact) mass is 405 g/mol. The number of esters is 1. The number of fused-ring (bicyclic) bond motifs is 1. The van der Waals surface area contributed by atoms with Crippen LogP contribution in [0, 0.1) is 0 Å². The second-order valence-corrected chi connectivity index (χ2v) is 6.69. The third-order valence-corrected chi connectivity index (χ3v) is 4.48. The first-order chi connectivity index (χ1) is 14.0. The lowest BCUT2D eigenvalue weighted by Crippen LogP contribution is -2.51. The van der Waals surface area contributed by atoms with Gasteiger partial charge in [-0.1, -0.05) is 18.6 Å². The lowest BCUT2D eigenvalue weighted by molar-refractivity contribution is -0.152. The summed E-state index contributed by atoms with van der Waals surface area (Å²) in [4.78, 5) is 49.0. The third kappa shape index (κ3) is 5.84. The molecule has 2 heterocycles. The number of hydrogen-bond donors (Lipinski definition) is 2. The molecule has 0 aliphatic carbocycles. The molecule has 0 bridgehead atoms. The van der Waals surface area contributed by atoms with Crippen LogP contribution in [0.15, 0.2) is 24.3 Å². The summed E-state index contributed by atoms with van der Waals surface area (Å²) < 4.78 is 15.8. The smallest absolute Gasteiger partial charge is 0.326 e. The fourth-order valence-corrected chi connectivity index (χ4v) is 2.95. The molecule has 3 rings (SSSR count). The molecule has 2 aliphatic heterocycles. The van der Waals surface area contributed by atoms with Crippen molar-refractivity contribution >= 4 is 23.7 Å². The van der Waals surface area contributed by atoms with E-state index in [1.165, 1.54) is 4.90 Å². The summed E-state index contributed by atoms with van der Waals surface area (Å²) in [5, 5.41) is 0. The molecule has 2 N–H and O–H groups in total. The van der Waals surface area contributed by atoms with Crippen molar-refractivity contribution in [2.75, 3.05) is 26.3 Å². The molecule has 0 saturated carbocycles. The number of hydrazine groups is 1. The number of ether oxygens (including phenoxy) is 3. The highest BCUT2D eigenvalue weighted by Gasteiger charge is 2.27. The normalized spacial score (nSPS) is 18.4. The van der Waals surface area contributed by atoms with Crippen LogP contribution in [0.3, 0.4) is 0 Å². The lowest BCUT2D eigenvalue weighted by Gasteiger charge is -2.25. The summed E-state index contributed by atoms with van der Waals surface area (Å²) in [5.74, 6) is -1.12. The van der Waals surface area contributed by atoms with Gasteiger partial charge in [0.25, 0.3) is 11.8 Å². The Kier molecular flexibility index (Phi) is 6.88. The summed E-state index contributed by atoms with van der Waals surface area (Å²) in [6.45, 7) is -0.266. The van der Waals surface area contributed by atoms with Crippen LogP contribution in [0.25, 0.3) is 0 Å². The average Bonchev–Trinajstić information content (AvgIpc) is 2.94. The van der Waals surface area contributed by atoms with Crippen molar-refractivity contribution in [1.29, 1.82) is 0 Å². The van der Waals surface area contributed by atoms with Crippen molar-refractivity contribution in [1.82, 2.24) is 15.8 Å². The van der Waals surface area contributed by atoms with Gasteiger partial charge in [0.2, 0.25) is 12.0 Å². The topological polar surface area (TPSA) is 123 Å². The molecule has 0 aromatic heterocycles. The maximum atomic E-state index is 12.1. The number of nitrogens with zero attached hydrogens (tertiary/aromatic N) is 1. The van der Waals surface area contributed by atoms with Gasteiger partial charge in [0.15, 0.2) is 18.1 Å². The molecule has 1 saturated heterocycles. The average molecular weight is 405 g/mol. The molecule has 1 aromatic carbocycles. The molecular weight excluding hydrogens is 382 g/mol. The van der Waals surface area contributed by atoms with Gasteiger partial charge in [-0.25, -0.2) is 0 Å². The summed E-state index contributed by atoms with van der Waals surface area (Å²) in [6, 6.07) is 6.92. The minimum Gasteiger partial charge on any atom is -0.485 e. The highest BCUT2D eigenvalue weighted by Crippen LogP contribution is 2.30. The minimum atomic E-state index is -0.929. The van der Waals surface area contributed by atoms with Crippen molar-refractivity contribution in [3.8, 4) is 11.5 Å². The Morgan fingerprint density at radius 2 is 1.90 bits per heavy atom. The van der Waals surface area contributed by atoms with Gasteiger partial charge in [0, 0.05) is 13.0 Å². The zero-order valence-electron chi connectivity index (χ0n) is 15.8. The number of likely N-dealkylation sites (tertiary alicyclic amines) is 1. The SMILES string of the molecule is O=C(COC(=O)CN1CCCCCC1=O)NNC(=O)[C@@H]1COc2ccccc2O1. The molecule has 0 spiro atoms. The van der Waals surface area contributed by atoms with Crippen molar-refractivity contribution in [2.45, 2.75) is 31.8 Å². The first-order valence-electron chi connectivity index (χ1n) is 9.43. The van der Waals surface area contributed by atoms with Crippen LogP contribution in [0.5, 0.6) is 11.5 Å². The van der Waals surface area contributed by atoms with Crippen molar-refractivity contribution in [3.05, 3.63) is 24.3 Å². The highest BCUT2D eigenvalue weighted by atomic mass is 16.6. The Labute approximate surface area is 167 Å². The standard InChI is InChI=1S/C19H23N3O7/c23-16(12-28-18(25)10-22-9-5-1-2-8-17(22)24)20-21-19(26)15-11-27-13-6-3-4-7-14(13)29-15/h3-4,6-7,15H,1-2,5,8-12H2,(H,20,23)(H,21,26)/t15-/m0/s1. The quantitative estimate of drug-likeness (QED) is 0.519. The predicted octanol–water partition coefficient (Wildman–Crippen LogP) is -0.0804. The summed E-state index contributed by atoms with van der Waals surface area (Å²) in [6.07, 6.45) is 2.08. The molecule has 1 aromatic rings. The van der Waals surface area contributed by atoms with Crippen molar-refractivity contribution in [2.24, 2.45) is 0 Å². The molecule has 29 heavy (non-hydrogen) atoms. The minimum absolute atomic E-state index is 0.00241. The lowest BCUT2D eigenvalue weighted by atomic mass is 10.2. The van der Waals surface area contributed by atoms with Crippen molar-refractivity contribution in [3.63, 3.8) is 0 Å². The van der Waals surface area contributed by atoms with Gasteiger partial charge >= 0.3 is 5.97 Å². The van der Waals surface area contributed by atoms with Crippen LogP contribution >= 0.6 is 0 Å². The zero-order valence-corrected chi connectivity index (χ0v) is 15.8. The van der Waals surface area contributed by atoms with E-state index in [1.807, 2.05) is 0 Å². The number of benzene rings is 1. The molecule has 2 aliphatic rings. The third-order valence-electron chi connectivity index (χ3n) is 4.48. The molecule has 1 fully saturated rings. The largest absolute Gasteiger partial charge is 0.485 e. The molecule has 0 unspecified atom stereocenters. The van der Waals surface area contributed by atoms with Crippen molar-refractivity contribution < 1.29 is 33.4 Å². The van der Waals surface area contributed by atoms with E-state index < -0.39 is 30.5 Å². The van der Waals surface area contributed by atoms with Crippen LogP contribution < -0.4 is 20.3 Å². The van der Waals surface area contributed by atoms with Gasteiger partial charge in [-0.05, 0) is 25.0 Å². The molecular formula is C19H23N3O7. The molecule has 1 atom stereocenters.